The summed E-state index contributed by atoms with van der Waals surface area (Å²) < 4.78 is 4.04. The fraction of sp³-hybridized carbons (Fsp3) is 0.786. The van der Waals surface area contributed by atoms with Crippen molar-refractivity contribution in [1.82, 2.24) is 14.5 Å². The van der Waals surface area contributed by atoms with Crippen molar-refractivity contribution in [2.24, 2.45) is 11.8 Å². The first kappa shape index (κ1) is 15.4. The zero-order chi connectivity index (χ0) is 14.7. The Morgan fingerprint density at radius 2 is 2.25 bits per heavy atom. The van der Waals surface area contributed by atoms with Crippen molar-refractivity contribution in [3.8, 4) is 0 Å². The van der Waals surface area contributed by atoms with E-state index in [2.05, 4.69) is 35.3 Å². The Kier molecular flexibility index (Phi) is 5.10. The third-order valence-corrected chi connectivity index (χ3v) is 4.71. The van der Waals surface area contributed by atoms with Gasteiger partial charge < -0.3 is 5.11 Å². The van der Waals surface area contributed by atoms with E-state index in [1.54, 1.807) is 0 Å². The fourth-order valence-corrected chi connectivity index (χ4v) is 3.84. The molecule has 1 aromatic rings. The minimum Gasteiger partial charge on any atom is -0.481 e. The largest absolute Gasteiger partial charge is 0.481 e. The van der Waals surface area contributed by atoms with E-state index >= 15 is 0 Å². The van der Waals surface area contributed by atoms with E-state index in [1.165, 1.54) is 16.4 Å². The number of likely N-dealkylation sites (tertiary alicyclic amines) is 1. The van der Waals surface area contributed by atoms with Gasteiger partial charge in [0.2, 0.25) is 0 Å². The van der Waals surface area contributed by atoms with Crippen molar-refractivity contribution in [1.29, 1.82) is 0 Å². The monoisotopic (exact) mass is 297 g/mol. The highest BCUT2D eigenvalue weighted by Gasteiger charge is 2.37. The average molecular weight is 297 g/mol. The van der Waals surface area contributed by atoms with Crippen LogP contribution in [0.3, 0.4) is 0 Å². The zero-order valence-corrected chi connectivity index (χ0v) is 13.2. The number of carboxylic acid groups (broad SMARTS) is 1. The van der Waals surface area contributed by atoms with Crippen LogP contribution in [0.4, 0.5) is 0 Å². The molecule has 2 atom stereocenters. The quantitative estimate of drug-likeness (QED) is 0.874. The third kappa shape index (κ3) is 3.35. The van der Waals surface area contributed by atoms with Crippen molar-refractivity contribution >= 4 is 17.5 Å². The summed E-state index contributed by atoms with van der Waals surface area (Å²) in [5.41, 5.74) is 1.06. The van der Waals surface area contributed by atoms with Crippen molar-refractivity contribution in [2.45, 2.75) is 46.1 Å². The highest BCUT2D eigenvalue weighted by molar-refractivity contribution is 7.05. The van der Waals surface area contributed by atoms with Gasteiger partial charge in [0.25, 0.3) is 0 Å². The van der Waals surface area contributed by atoms with Crippen LogP contribution in [0.2, 0.25) is 0 Å². The van der Waals surface area contributed by atoms with E-state index in [0.717, 1.165) is 31.6 Å². The molecule has 0 amide bonds. The highest BCUT2D eigenvalue weighted by Crippen LogP contribution is 2.30. The Labute approximate surface area is 124 Å². The van der Waals surface area contributed by atoms with Crippen LogP contribution >= 0.6 is 11.5 Å². The van der Waals surface area contributed by atoms with Crippen LogP contribution in [0.1, 0.15) is 50.1 Å². The topological polar surface area (TPSA) is 66.3 Å². The molecule has 5 nitrogen and oxygen atoms in total. The maximum Gasteiger partial charge on any atom is 0.308 e. The molecule has 0 spiro atoms. The second kappa shape index (κ2) is 6.63. The molecule has 1 N–H and O–H groups in total. The molecule has 6 heteroatoms. The first-order valence-corrected chi connectivity index (χ1v) is 8.06. The summed E-state index contributed by atoms with van der Waals surface area (Å²) in [5.74, 6) is -0.232. The van der Waals surface area contributed by atoms with Gasteiger partial charge in [-0.1, -0.05) is 31.7 Å². The number of rotatable bonds is 6. The number of carbonyl (C=O) groups is 1. The fourth-order valence-electron chi connectivity index (χ4n) is 3.00. The molecule has 1 fully saturated rings. The summed E-state index contributed by atoms with van der Waals surface area (Å²) >= 11 is 1.44. The molecule has 20 heavy (non-hydrogen) atoms. The lowest BCUT2D eigenvalue weighted by atomic mass is 9.92. The highest BCUT2D eigenvalue weighted by atomic mass is 32.1. The van der Waals surface area contributed by atoms with Gasteiger partial charge in [-0.25, -0.2) is 0 Å². The van der Waals surface area contributed by atoms with Gasteiger partial charge in [-0.05, 0) is 29.8 Å². The standard InChI is InChI=1S/C14H23N3O2S/c1-4-5-10-6-17(7-11(10)14(18)19)8-12-13(9(2)3)15-16-20-12/h9-11H,4-8H2,1-3H3,(H,18,19)/t10-,11-/m1/s1. The lowest BCUT2D eigenvalue weighted by molar-refractivity contribution is -0.142. The second-order valence-electron chi connectivity index (χ2n) is 5.92. The number of nitrogens with zero attached hydrogens (tertiary/aromatic N) is 3. The van der Waals surface area contributed by atoms with Crippen LogP contribution in [-0.2, 0) is 11.3 Å². The Hall–Kier alpha value is -1.01. The Balaban J connectivity index is 2.04. The molecule has 1 aliphatic heterocycles. The maximum atomic E-state index is 11.4. The number of aromatic nitrogens is 2. The van der Waals surface area contributed by atoms with Gasteiger partial charge in [-0.15, -0.1) is 5.10 Å². The predicted octanol–water partition coefficient (Wildman–Crippen LogP) is 2.59. The second-order valence-corrected chi connectivity index (χ2v) is 6.76. The summed E-state index contributed by atoms with van der Waals surface area (Å²) in [7, 11) is 0. The van der Waals surface area contributed by atoms with Crippen molar-refractivity contribution < 1.29 is 9.90 Å². The van der Waals surface area contributed by atoms with Gasteiger partial charge in [-0.2, -0.15) is 0 Å². The minimum absolute atomic E-state index is 0.224. The predicted molar refractivity (Wildman–Crippen MR) is 78.8 cm³/mol. The maximum absolute atomic E-state index is 11.4. The molecular formula is C14H23N3O2S. The van der Waals surface area contributed by atoms with Crippen LogP contribution in [0.5, 0.6) is 0 Å². The first-order valence-electron chi connectivity index (χ1n) is 7.29. The van der Waals surface area contributed by atoms with Gasteiger partial charge in [0.15, 0.2) is 0 Å². The molecule has 0 aromatic carbocycles. The third-order valence-electron chi connectivity index (χ3n) is 3.99. The van der Waals surface area contributed by atoms with E-state index < -0.39 is 5.97 Å². The van der Waals surface area contributed by atoms with Crippen molar-refractivity contribution in [3.63, 3.8) is 0 Å². The van der Waals surface area contributed by atoms with Gasteiger partial charge in [0.1, 0.15) is 0 Å². The Morgan fingerprint density at radius 3 is 2.85 bits per heavy atom. The summed E-state index contributed by atoms with van der Waals surface area (Å²) in [6.45, 7) is 8.66. The van der Waals surface area contributed by atoms with Crippen molar-refractivity contribution in [3.05, 3.63) is 10.6 Å². The number of hydrogen-bond acceptors (Lipinski definition) is 5. The van der Waals surface area contributed by atoms with Crippen LogP contribution in [0.15, 0.2) is 0 Å². The summed E-state index contributed by atoms with van der Waals surface area (Å²) in [4.78, 5) is 14.8. The van der Waals surface area contributed by atoms with Crippen LogP contribution in [-0.4, -0.2) is 38.7 Å². The van der Waals surface area contributed by atoms with E-state index in [4.69, 9.17) is 0 Å². The summed E-state index contributed by atoms with van der Waals surface area (Å²) in [6.07, 6.45) is 2.03. The molecule has 0 radical (unpaired) electrons. The molecule has 0 saturated carbocycles. The molecule has 112 valence electrons. The molecular weight excluding hydrogens is 274 g/mol. The number of carboxylic acids is 1. The Morgan fingerprint density at radius 1 is 1.50 bits per heavy atom. The van der Waals surface area contributed by atoms with E-state index in [0.29, 0.717) is 12.5 Å². The zero-order valence-electron chi connectivity index (χ0n) is 12.4. The molecule has 0 unspecified atom stereocenters. The van der Waals surface area contributed by atoms with Crippen molar-refractivity contribution in [2.75, 3.05) is 13.1 Å². The minimum atomic E-state index is -0.655. The normalized spacial score (nSPS) is 23.6. The van der Waals surface area contributed by atoms with E-state index in [9.17, 15) is 9.90 Å². The van der Waals surface area contributed by atoms with Gasteiger partial charge in [-0.3, -0.25) is 9.69 Å². The SMILES string of the molecule is CCC[C@@H]1CN(Cc2snnc2C(C)C)C[C@H]1C(=O)O. The molecule has 2 rings (SSSR count). The lowest BCUT2D eigenvalue weighted by Crippen LogP contribution is -2.23. The summed E-state index contributed by atoms with van der Waals surface area (Å²) in [6, 6.07) is 0. The molecule has 1 aromatic heterocycles. The molecule has 1 aliphatic rings. The van der Waals surface area contributed by atoms with Crippen LogP contribution in [0.25, 0.3) is 0 Å². The van der Waals surface area contributed by atoms with Gasteiger partial charge >= 0.3 is 5.97 Å². The molecule has 1 saturated heterocycles. The molecule has 0 aliphatic carbocycles. The number of aliphatic carboxylic acids is 1. The van der Waals surface area contributed by atoms with Gasteiger partial charge in [0, 0.05) is 19.6 Å². The first-order chi connectivity index (χ1) is 9.52. The average Bonchev–Trinajstić information content (AvgIpc) is 2.97. The van der Waals surface area contributed by atoms with Crippen LogP contribution in [0, 0.1) is 11.8 Å². The van der Waals surface area contributed by atoms with Crippen LogP contribution < -0.4 is 0 Å². The van der Waals surface area contributed by atoms with E-state index in [-0.39, 0.29) is 11.8 Å². The van der Waals surface area contributed by atoms with E-state index in [1.807, 2.05) is 0 Å². The Bertz CT molecular complexity index is 461. The van der Waals surface area contributed by atoms with Gasteiger partial charge in [0.05, 0.1) is 16.5 Å². The smallest absolute Gasteiger partial charge is 0.308 e. The number of hydrogen-bond donors (Lipinski definition) is 1. The molecule has 0 bridgehead atoms. The lowest BCUT2D eigenvalue weighted by Gasteiger charge is -2.15. The molecule has 2 heterocycles. The summed E-state index contributed by atoms with van der Waals surface area (Å²) in [5, 5.41) is 13.5.